The molecule has 118 valence electrons. The molecule has 0 aliphatic carbocycles. The fourth-order valence-electron chi connectivity index (χ4n) is 2.45. The first-order chi connectivity index (χ1) is 11.7. The molecule has 0 aliphatic heterocycles. The molecule has 7 heteroatoms. The average molecular weight is 338 g/mol. The van der Waals surface area contributed by atoms with Crippen molar-refractivity contribution in [3.63, 3.8) is 0 Å². The number of thiazole rings is 1. The third-order valence-electron chi connectivity index (χ3n) is 3.51. The SMILES string of the molecule is O=C(Nc1ccc(F)cc1)c1nc2sccn2c1-c1cccnc1. The zero-order valence-corrected chi connectivity index (χ0v) is 13.1. The van der Waals surface area contributed by atoms with Crippen LogP contribution in [0.4, 0.5) is 10.1 Å². The van der Waals surface area contributed by atoms with Gasteiger partial charge in [0, 0.05) is 35.2 Å². The Morgan fingerprint density at radius 2 is 2.04 bits per heavy atom. The number of aromatic nitrogens is 3. The lowest BCUT2D eigenvalue weighted by Crippen LogP contribution is -2.13. The summed E-state index contributed by atoms with van der Waals surface area (Å²) in [6.45, 7) is 0. The Morgan fingerprint density at radius 1 is 1.21 bits per heavy atom. The van der Waals surface area contributed by atoms with Crippen molar-refractivity contribution in [2.75, 3.05) is 5.32 Å². The van der Waals surface area contributed by atoms with E-state index in [1.807, 2.05) is 28.1 Å². The molecular weight excluding hydrogens is 327 g/mol. The molecule has 5 nitrogen and oxygen atoms in total. The molecule has 0 saturated heterocycles. The van der Waals surface area contributed by atoms with Crippen LogP contribution in [0.5, 0.6) is 0 Å². The minimum atomic E-state index is -0.355. The molecule has 1 N–H and O–H groups in total. The van der Waals surface area contributed by atoms with Gasteiger partial charge in [-0.1, -0.05) is 0 Å². The number of benzene rings is 1. The number of imidazole rings is 1. The molecule has 0 fully saturated rings. The van der Waals surface area contributed by atoms with Crippen LogP contribution in [-0.4, -0.2) is 20.3 Å². The summed E-state index contributed by atoms with van der Waals surface area (Å²) in [6.07, 6.45) is 5.23. The molecule has 0 atom stereocenters. The Morgan fingerprint density at radius 3 is 2.79 bits per heavy atom. The zero-order chi connectivity index (χ0) is 16.5. The molecule has 0 bridgehead atoms. The first kappa shape index (κ1) is 14.5. The molecule has 4 rings (SSSR count). The van der Waals surface area contributed by atoms with Crippen LogP contribution in [0.1, 0.15) is 10.5 Å². The summed E-state index contributed by atoms with van der Waals surface area (Å²) >= 11 is 1.44. The third kappa shape index (κ3) is 2.55. The Balaban J connectivity index is 1.77. The van der Waals surface area contributed by atoms with Gasteiger partial charge in [0.25, 0.3) is 5.91 Å². The van der Waals surface area contributed by atoms with Crippen molar-refractivity contribution < 1.29 is 9.18 Å². The van der Waals surface area contributed by atoms with Crippen LogP contribution in [0, 0.1) is 5.82 Å². The van der Waals surface area contributed by atoms with Crippen molar-refractivity contribution in [3.05, 3.63) is 71.9 Å². The van der Waals surface area contributed by atoms with E-state index in [2.05, 4.69) is 15.3 Å². The van der Waals surface area contributed by atoms with E-state index >= 15 is 0 Å². The van der Waals surface area contributed by atoms with E-state index in [1.165, 1.54) is 35.6 Å². The summed E-state index contributed by atoms with van der Waals surface area (Å²) in [4.78, 5) is 21.9. The number of carbonyl (C=O) groups is 1. The first-order valence-corrected chi connectivity index (χ1v) is 8.03. The lowest BCUT2D eigenvalue weighted by atomic mass is 10.1. The van der Waals surface area contributed by atoms with Gasteiger partial charge in [0.15, 0.2) is 10.7 Å². The fraction of sp³-hybridized carbons (Fsp3) is 0. The van der Waals surface area contributed by atoms with Gasteiger partial charge in [-0.3, -0.25) is 14.2 Å². The standard InChI is InChI=1S/C17H11FN4OS/c18-12-3-5-13(6-4-12)20-16(23)14-15(11-2-1-7-19-10-11)22-8-9-24-17(22)21-14/h1-10H,(H,20,23). The number of carbonyl (C=O) groups excluding carboxylic acids is 1. The summed E-state index contributed by atoms with van der Waals surface area (Å²) in [5, 5.41) is 4.66. The Labute approximate surface area is 140 Å². The summed E-state index contributed by atoms with van der Waals surface area (Å²) in [6, 6.07) is 9.29. The van der Waals surface area contributed by atoms with E-state index in [1.54, 1.807) is 12.4 Å². The second-order valence-corrected chi connectivity index (χ2v) is 5.94. The van der Waals surface area contributed by atoms with Crippen LogP contribution in [0.3, 0.4) is 0 Å². The minimum Gasteiger partial charge on any atom is -0.321 e. The van der Waals surface area contributed by atoms with Gasteiger partial charge in [-0.25, -0.2) is 9.37 Å². The monoisotopic (exact) mass is 338 g/mol. The molecule has 3 aromatic heterocycles. The number of hydrogen-bond donors (Lipinski definition) is 1. The first-order valence-electron chi connectivity index (χ1n) is 7.15. The van der Waals surface area contributed by atoms with E-state index in [0.29, 0.717) is 17.1 Å². The Kier molecular flexibility index (Phi) is 3.55. The van der Waals surface area contributed by atoms with Crippen LogP contribution in [0.2, 0.25) is 0 Å². The molecule has 0 unspecified atom stereocenters. The van der Waals surface area contributed by atoms with Crippen molar-refractivity contribution in [1.82, 2.24) is 14.4 Å². The Hall–Kier alpha value is -3.06. The number of nitrogens with zero attached hydrogens (tertiary/aromatic N) is 3. The lowest BCUT2D eigenvalue weighted by Gasteiger charge is -2.06. The minimum absolute atomic E-state index is 0.305. The number of anilines is 1. The van der Waals surface area contributed by atoms with E-state index in [9.17, 15) is 9.18 Å². The van der Waals surface area contributed by atoms with Crippen molar-refractivity contribution in [3.8, 4) is 11.3 Å². The zero-order valence-electron chi connectivity index (χ0n) is 12.3. The highest BCUT2D eigenvalue weighted by molar-refractivity contribution is 7.15. The summed E-state index contributed by atoms with van der Waals surface area (Å²) in [5.74, 6) is -0.706. The smallest absolute Gasteiger partial charge is 0.276 e. The predicted molar refractivity (Wildman–Crippen MR) is 90.7 cm³/mol. The number of halogens is 1. The van der Waals surface area contributed by atoms with Gasteiger partial charge in [0.05, 0.1) is 5.69 Å². The lowest BCUT2D eigenvalue weighted by molar-refractivity contribution is 0.102. The molecule has 1 amide bonds. The van der Waals surface area contributed by atoms with Crippen molar-refractivity contribution in [2.24, 2.45) is 0 Å². The number of nitrogens with one attached hydrogen (secondary N) is 1. The topological polar surface area (TPSA) is 59.3 Å². The van der Waals surface area contributed by atoms with Gasteiger partial charge in [0.1, 0.15) is 5.82 Å². The average Bonchev–Trinajstić information content (AvgIpc) is 3.18. The fourth-order valence-corrected chi connectivity index (χ4v) is 3.16. The van der Waals surface area contributed by atoms with E-state index in [4.69, 9.17) is 0 Å². The number of hydrogen-bond acceptors (Lipinski definition) is 4. The van der Waals surface area contributed by atoms with Crippen LogP contribution in [0.25, 0.3) is 16.2 Å². The van der Waals surface area contributed by atoms with Crippen molar-refractivity contribution in [2.45, 2.75) is 0 Å². The van der Waals surface area contributed by atoms with Crippen LogP contribution >= 0.6 is 11.3 Å². The van der Waals surface area contributed by atoms with Gasteiger partial charge in [-0.2, -0.15) is 0 Å². The summed E-state index contributed by atoms with van der Waals surface area (Å²) in [7, 11) is 0. The highest BCUT2D eigenvalue weighted by Gasteiger charge is 2.21. The van der Waals surface area contributed by atoms with Gasteiger partial charge in [-0.05, 0) is 36.4 Å². The quantitative estimate of drug-likeness (QED) is 0.617. The highest BCUT2D eigenvalue weighted by Crippen LogP contribution is 2.27. The molecule has 0 spiro atoms. The van der Waals surface area contributed by atoms with Crippen LogP contribution in [0.15, 0.2) is 60.4 Å². The van der Waals surface area contributed by atoms with Crippen molar-refractivity contribution in [1.29, 1.82) is 0 Å². The number of rotatable bonds is 3. The number of pyridine rings is 1. The van der Waals surface area contributed by atoms with E-state index in [-0.39, 0.29) is 11.7 Å². The maximum Gasteiger partial charge on any atom is 0.276 e. The van der Waals surface area contributed by atoms with Gasteiger partial charge < -0.3 is 5.32 Å². The maximum atomic E-state index is 13.0. The molecular formula is C17H11FN4OS. The normalized spacial score (nSPS) is 10.9. The Bertz CT molecular complexity index is 1010. The van der Waals surface area contributed by atoms with E-state index < -0.39 is 0 Å². The van der Waals surface area contributed by atoms with E-state index in [0.717, 1.165) is 10.5 Å². The second-order valence-electron chi connectivity index (χ2n) is 5.07. The molecule has 4 aromatic rings. The molecule has 3 heterocycles. The summed E-state index contributed by atoms with van der Waals surface area (Å²) in [5.41, 5.74) is 2.29. The number of fused-ring (bicyclic) bond motifs is 1. The summed E-state index contributed by atoms with van der Waals surface area (Å²) < 4.78 is 14.9. The van der Waals surface area contributed by atoms with Crippen LogP contribution in [-0.2, 0) is 0 Å². The third-order valence-corrected chi connectivity index (χ3v) is 4.27. The molecule has 0 radical (unpaired) electrons. The second kappa shape index (κ2) is 5.86. The highest BCUT2D eigenvalue weighted by atomic mass is 32.1. The maximum absolute atomic E-state index is 13.0. The molecule has 0 saturated carbocycles. The van der Waals surface area contributed by atoms with Gasteiger partial charge in [-0.15, -0.1) is 11.3 Å². The molecule has 0 aliphatic rings. The largest absolute Gasteiger partial charge is 0.321 e. The van der Waals surface area contributed by atoms with Crippen LogP contribution < -0.4 is 5.32 Å². The molecule has 1 aromatic carbocycles. The van der Waals surface area contributed by atoms with Crippen molar-refractivity contribution >= 4 is 27.9 Å². The predicted octanol–water partition coefficient (Wildman–Crippen LogP) is 3.85. The number of amides is 1. The van der Waals surface area contributed by atoms with Gasteiger partial charge >= 0.3 is 0 Å². The molecule has 24 heavy (non-hydrogen) atoms. The van der Waals surface area contributed by atoms with Gasteiger partial charge in [0.2, 0.25) is 0 Å².